The normalized spacial score (nSPS) is 11.0. The fourth-order valence-corrected chi connectivity index (χ4v) is 3.13. The molecule has 1 heterocycles. The number of thioether (sulfide) groups is 1. The topological polar surface area (TPSA) is 29.5 Å². The average molecular weight is 348 g/mol. The number of carbonyl (C=O) groups is 1. The molecule has 0 aliphatic heterocycles. The van der Waals surface area contributed by atoms with Crippen LogP contribution < -0.4 is 0 Å². The molecule has 23 heavy (non-hydrogen) atoms. The first-order chi connectivity index (χ1) is 11.2. The number of hydrogen-bond acceptors (Lipinski definition) is 4. The summed E-state index contributed by atoms with van der Waals surface area (Å²) in [6, 6.07) is 10.2. The van der Waals surface area contributed by atoms with Crippen molar-refractivity contribution < 1.29 is 9.53 Å². The first kappa shape index (κ1) is 17.8. The van der Waals surface area contributed by atoms with Crippen molar-refractivity contribution in [2.45, 2.75) is 11.4 Å². The van der Waals surface area contributed by atoms with E-state index in [0.717, 1.165) is 11.1 Å². The van der Waals surface area contributed by atoms with Gasteiger partial charge in [-0.1, -0.05) is 12.1 Å². The van der Waals surface area contributed by atoms with Gasteiger partial charge in [-0.05, 0) is 52.4 Å². The Morgan fingerprint density at radius 3 is 2.70 bits per heavy atom. The van der Waals surface area contributed by atoms with Crippen molar-refractivity contribution in [2.75, 3.05) is 26.5 Å². The summed E-state index contributed by atoms with van der Waals surface area (Å²) < 4.78 is 5.11. The van der Waals surface area contributed by atoms with Gasteiger partial charge in [-0.15, -0.1) is 11.8 Å². The molecule has 0 fully saturated rings. The summed E-state index contributed by atoms with van der Waals surface area (Å²) in [6.45, 7) is 1.73. The van der Waals surface area contributed by atoms with Crippen LogP contribution in [-0.2, 0) is 16.1 Å². The van der Waals surface area contributed by atoms with Gasteiger partial charge < -0.3 is 9.64 Å². The Morgan fingerprint density at radius 2 is 2.09 bits per heavy atom. The second-order valence-corrected chi connectivity index (χ2v) is 6.65. The third-order valence-electron chi connectivity index (χ3n) is 3.36. The van der Waals surface area contributed by atoms with E-state index in [1.807, 2.05) is 35.9 Å². The molecule has 1 amide bonds. The number of hydrogen-bond donors (Lipinski definition) is 0. The lowest BCUT2D eigenvalue weighted by Gasteiger charge is -2.20. The Kier molecular flexibility index (Phi) is 7.39. The van der Waals surface area contributed by atoms with Gasteiger partial charge in [-0.2, -0.15) is 11.3 Å². The Labute approximate surface area is 146 Å². The number of carbonyl (C=O) groups excluding carboxylic acids is 1. The van der Waals surface area contributed by atoms with Crippen LogP contribution in [-0.4, -0.2) is 37.3 Å². The predicted molar refractivity (Wildman–Crippen MR) is 98.9 cm³/mol. The van der Waals surface area contributed by atoms with Crippen LogP contribution in [0.25, 0.3) is 6.08 Å². The van der Waals surface area contributed by atoms with Crippen LogP contribution in [0.1, 0.15) is 11.1 Å². The summed E-state index contributed by atoms with van der Waals surface area (Å²) in [4.78, 5) is 15.5. The molecule has 2 rings (SSSR count). The SMILES string of the molecule is COCCN(Cc1ccsc1)C(=O)/C=C/c1ccc(SC)cc1. The van der Waals surface area contributed by atoms with E-state index in [2.05, 4.69) is 17.5 Å². The predicted octanol–water partition coefficient (Wildman–Crippen LogP) is 4.16. The third-order valence-corrected chi connectivity index (χ3v) is 4.84. The average Bonchev–Trinajstić information content (AvgIpc) is 3.10. The standard InChI is InChI=1S/C18H21NO2S2/c1-21-11-10-19(13-16-9-12-23-14-16)18(20)8-5-15-3-6-17(22-2)7-4-15/h3-9,12,14H,10-11,13H2,1-2H3/b8-5+. The lowest BCUT2D eigenvalue weighted by atomic mass is 10.2. The minimum atomic E-state index is 0.00203. The largest absolute Gasteiger partial charge is 0.383 e. The third kappa shape index (κ3) is 5.86. The smallest absolute Gasteiger partial charge is 0.246 e. The zero-order chi connectivity index (χ0) is 16.5. The molecule has 2 aromatic rings. The van der Waals surface area contributed by atoms with Crippen LogP contribution in [0.3, 0.4) is 0 Å². The molecule has 5 heteroatoms. The monoisotopic (exact) mass is 347 g/mol. The lowest BCUT2D eigenvalue weighted by Crippen LogP contribution is -2.31. The second kappa shape index (κ2) is 9.55. The highest BCUT2D eigenvalue weighted by Gasteiger charge is 2.11. The van der Waals surface area contributed by atoms with Gasteiger partial charge in [0.1, 0.15) is 0 Å². The lowest BCUT2D eigenvalue weighted by molar-refractivity contribution is -0.127. The molecule has 0 atom stereocenters. The van der Waals surface area contributed by atoms with E-state index in [-0.39, 0.29) is 5.91 Å². The molecular weight excluding hydrogens is 326 g/mol. The zero-order valence-electron chi connectivity index (χ0n) is 13.4. The Bertz CT molecular complexity index is 621. The molecule has 0 aliphatic rings. The van der Waals surface area contributed by atoms with Gasteiger partial charge in [0, 0.05) is 31.2 Å². The number of nitrogens with zero attached hydrogens (tertiary/aromatic N) is 1. The second-order valence-electron chi connectivity index (χ2n) is 4.99. The molecular formula is C18H21NO2S2. The van der Waals surface area contributed by atoms with E-state index >= 15 is 0 Å². The van der Waals surface area contributed by atoms with Crippen LogP contribution in [0.2, 0.25) is 0 Å². The van der Waals surface area contributed by atoms with E-state index in [1.165, 1.54) is 4.90 Å². The van der Waals surface area contributed by atoms with Crippen LogP contribution in [0, 0.1) is 0 Å². The molecule has 1 aromatic carbocycles. The van der Waals surface area contributed by atoms with E-state index in [4.69, 9.17) is 4.74 Å². The number of amides is 1. The molecule has 0 spiro atoms. The van der Waals surface area contributed by atoms with E-state index in [0.29, 0.717) is 19.7 Å². The van der Waals surface area contributed by atoms with Gasteiger partial charge in [0.25, 0.3) is 0 Å². The highest BCUT2D eigenvalue weighted by Crippen LogP contribution is 2.16. The summed E-state index contributed by atoms with van der Waals surface area (Å²) in [7, 11) is 1.65. The van der Waals surface area contributed by atoms with Crippen molar-refractivity contribution in [1.82, 2.24) is 4.90 Å². The summed E-state index contributed by atoms with van der Waals surface area (Å²) in [5.74, 6) is 0.00203. The highest BCUT2D eigenvalue weighted by molar-refractivity contribution is 7.98. The molecule has 3 nitrogen and oxygen atoms in total. The van der Waals surface area contributed by atoms with E-state index in [1.54, 1.807) is 41.2 Å². The molecule has 0 aliphatic carbocycles. The number of rotatable bonds is 8. The maximum absolute atomic E-state index is 12.5. The molecule has 122 valence electrons. The quantitative estimate of drug-likeness (QED) is 0.530. The van der Waals surface area contributed by atoms with Gasteiger partial charge >= 0.3 is 0 Å². The molecule has 0 unspecified atom stereocenters. The van der Waals surface area contributed by atoms with Crippen molar-refractivity contribution in [2.24, 2.45) is 0 Å². The van der Waals surface area contributed by atoms with Gasteiger partial charge in [0.05, 0.1) is 6.61 Å². The minimum Gasteiger partial charge on any atom is -0.383 e. The molecule has 0 N–H and O–H groups in total. The molecule has 0 saturated heterocycles. The summed E-state index contributed by atoms with van der Waals surface area (Å²) in [5.41, 5.74) is 2.18. The van der Waals surface area contributed by atoms with Gasteiger partial charge in [0.15, 0.2) is 0 Å². The summed E-state index contributed by atoms with van der Waals surface area (Å²) >= 11 is 3.35. The minimum absolute atomic E-state index is 0.00203. The Hall–Kier alpha value is -1.56. The van der Waals surface area contributed by atoms with Crippen LogP contribution in [0.5, 0.6) is 0 Å². The van der Waals surface area contributed by atoms with Crippen LogP contribution in [0.4, 0.5) is 0 Å². The Balaban J connectivity index is 2.01. The van der Waals surface area contributed by atoms with E-state index < -0.39 is 0 Å². The maximum Gasteiger partial charge on any atom is 0.246 e. The molecule has 0 saturated carbocycles. The number of methoxy groups -OCH3 is 1. The fraction of sp³-hybridized carbons (Fsp3) is 0.278. The van der Waals surface area contributed by atoms with Crippen molar-refractivity contribution in [3.05, 3.63) is 58.3 Å². The van der Waals surface area contributed by atoms with Crippen molar-refractivity contribution >= 4 is 35.1 Å². The summed E-state index contributed by atoms with van der Waals surface area (Å²) in [6.07, 6.45) is 5.54. The molecule has 0 radical (unpaired) electrons. The highest BCUT2D eigenvalue weighted by atomic mass is 32.2. The van der Waals surface area contributed by atoms with Crippen molar-refractivity contribution in [3.63, 3.8) is 0 Å². The first-order valence-electron chi connectivity index (χ1n) is 7.34. The number of benzene rings is 1. The van der Waals surface area contributed by atoms with Crippen LogP contribution >= 0.6 is 23.1 Å². The zero-order valence-corrected chi connectivity index (χ0v) is 15.0. The van der Waals surface area contributed by atoms with Crippen molar-refractivity contribution in [1.29, 1.82) is 0 Å². The van der Waals surface area contributed by atoms with E-state index in [9.17, 15) is 4.79 Å². The number of thiophene rings is 1. The molecule has 1 aromatic heterocycles. The van der Waals surface area contributed by atoms with Gasteiger partial charge in [0.2, 0.25) is 5.91 Å². The summed E-state index contributed by atoms with van der Waals surface area (Å²) in [5, 5.41) is 4.09. The van der Waals surface area contributed by atoms with Crippen LogP contribution in [0.15, 0.2) is 52.1 Å². The maximum atomic E-state index is 12.5. The Morgan fingerprint density at radius 1 is 1.30 bits per heavy atom. The van der Waals surface area contributed by atoms with Crippen molar-refractivity contribution in [3.8, 4) is 0 Å². The first-order valence-corrected chi connectivity index (χ1v) is 9.50. The van der Waals surface area contributed by atoms with Gasteiger partial charge in [-0.25, -0.2) is 0 Å². The fourth-order valence-electron chi connectivity index (χ4n) is 2.06. The molecule has 0 bridgehead atoms. The van der Waals surface area contributed by atoms with Gasteiger partial charge in [-0.3, -0.25) is 4.79 Å². The number of ether oxygens (including phenoxy) is 1.